The van der Waals surface area contributed by atoms with E-state index in [1.165, 1.54) is 22.8 Å². The lowest BCUT2D eigenvalue weighted by atomic mass is 10.2. The fourth-order valence-corrected chi connectivity index (χ4v) is 4.37. The molecule has 1 amide bonds. The lowest BCUT2D eigenvalue weighted by molar-refractivity contribution is 0.103. The first kappa shape index (κ1) is 13.9. The molecule has 4 rings (SSSR count). The molecule has 0 bridgehead atoms. The second kappa shape index (κ2) is 5.79. The van der Waals surface area contributed by atoms with Gasteiger partial charge in [0.05, 0.1) is 9.58 Å². The first-order chi connectivity index (χ1) is 10.8. The van der Waals surface area contributed by atoms with E-state index in [9.17, 15) is 4.79 Å². The fourth-order valence-electron chi connectivity index (χ4n) is 2.73. The van der Waals surface area contributed by atoms with Crippen LogP contribution < -0.4 is 10.6 Å². The molecular formula is C16H15N3OS2. The fraction of sp³-hybridized carbons (Fsp3) is 0.250. The molecule has 6 heteroatoms. The zero-order valence-electron chi connectivity index (χ0n) is 11.8. The first-order valence-electron chi connectivity index (χ1n) is 7.28. The quantitative estimate of drug-likeness (QED) is 0.762. The number of benzene rings is 1. The minimum atomic E-state index is -0.0446. The van der Waals surface area contributed by atoms with Gasteiger partial charge in [-0.05, 0) is 61.3 Å². The van der Waals surface area contributed by atoms with Gasteiger partial charge in [0.25, 0.3) is 5.91 Å². The van der Waals surface area contributed by atoms with Crippen LogP contribution in [0.5, 0.6) is 0 Å². The maximum absolute atomic E-state index is 12.4. The van der Waals surface area contributed by atoms with Gasteiger partial charge in [0.2, 0.25) is 0 Å². The molecule has 0 aliphatic carbocycles. The summed E-state index contributed by atoms with van der Waals surface area (Å²) in [6.45, 7) is 1.07. The number of amides is 1. The van der Waals surface area contributed by atoms with Gasteiger partial charge in [0, 0.05) is 28.2 Å². The maximum Gasteiger partial charge on any atom is 0.265 e. The average molecular weight is 329 g/mol. The van der Waals surface area contributed by atoms with Gasteiger partial charge in [0.1, 0.15) is 0 Å². The molecule has 4 nitrogen and oxygen atoms in total. The number of carbonyl (C=O) groups excluding carboxylic acids is 1. The van der Waals surface area contributed by atoms with Crippen molar-refractivity contribution in [1.29, 1.82) is 0 Å². The maximum atomic E-state index is 12.4. The Balaban J connectivity index is 1.51. The van der Waals surface area contributed by atoms with Gasteiger partial charge in [-0.15, -0.1) is 11.3 Å². The van der Waals surface area contributed by atoms with Crippen molar-refractivity contribution in [2.75, 3.05) is 11.9 Å². The third-order valence-electron chi connectivity index (χ3n) is 3.86. The first-order valence-corrected chi connectivity index (χ1v) is 8.87. The summed E-state index contributed by atoms with van der Waals surface area (Å²) in [5, 5.41) is 7.50. The number of anilines is 1. The molecule has 112 valence electrons. The summed E-state index contributed by atoms with van der Waals surface area (Å²) < 4.78 is 5.28. The summed E-state index contributed by atoms with van der Waals surface area (Å²) in [6, 6.07) is 10.3. The monoisotopic (exact) mass is 329 g/mol. The molecule has 1 unspecified atom stereocenters. The number of aromatic nitrogens is 1. The zero-order chi connectivity index (χ0) is 14.9. The number of rotatable bonds is 3. The molecule has 1 aromatic carbocycles. The van der Waals surface area contributed by atoms with Gasteiger partial charge in [0.15, 0.2) is 0 Å². The van der Waals surface area contributed by atoms with E-state index in [0.29, 0.717) is 6.04 Å². The SMILES string of the molecule is O=C(Nc1ccc2sncc2c1)c1ccc(C2CCCN2)s1. The van der Waals surface area contributed by atoms with Crippen molar-refractivity contribution >= 4 is 44.5 Å². The summed E-state index contributed by atoms with van der Waals surface area (Å²) in [7, 11) is 0. The molecule has 1 aliphatic rings. The molecule has 22 heavy (non-hydrogen) atoms. The summed E-state index contributed by atoms with van der Waals surface area (Å²) in [4.78, 5) is 14.4. The summed E-state index contributed by atoms with van der Waals surface area (Å²) in [5.41, 5.74) is 0.812. The minimum absolute atomic E-state index is 0.0446. The molecular weight excluding hydrogens is 314 g/mol. The van der Waals surface area contributed by atoms with Gasteiger partial charge < -0.3 is 10.6 Å². The number of nitrogens with one attached hydrogen (secondary N) is 2. The molecule has 1 saturated heterocycles. The van der Waals surface area contributed by atoms with Crippen LogP contribution in [0.4, 0.5) is 5.69 Å². The van der Waals surface area contributed by atoms with E-state index in [4.69, 9.17) is 0 Å². The molecule has 1 fully saturated rings. The molecule has 1 atom stereocenters. The number of hydrogen-bond acceptors (Lipinski definition) is 5. The molecule has 3 aromatic rings. The number of nitrogens with zero attached hydrogens (tertiary/aromatic N) is 1. The summed E-state index contributed by atoms with van der Waals surface area (Å²) >= 11 is 3.04. The molecule has 0 saturated carbocycles. The van der Waals surface area contributed by atoms with Crippen LogP contribution >= 0.6 is 22.9 Å². The van der Waals surface area contributed by atoms with Crippen LogP contribution in [0.15, 0.2) is 36.5 Å². The smallest absolute Gasteiger partial charge is 0.265 e. The van der Waals surface area contributed by atoms with Crippen molar-refractivity contribution in [2.45, 2.75) is 18.9 Å². The lowest BCUT2D eigenvalue weighted by Crippen LogP contribution is -2.11. The van der Waals surface area contributed by atoms with Gasteiger partial charge in [-0.2, -0.15) is 4.37 Å². The summed E-state index contributed by atoms with van der Waals surface area (Å²) in [5.74, 6) is -0.0446. The Bertz CT molecular complexity index is 818. The van der Waals surface area contributed by atoms with Crippen LogP contribution in [0, 0.1) is 0 Å². The molecule has 2 aromatic heterocycles. The molecule has 1 aliphatic heterocycles. The van der Waals surface area contributed by atoms with E-state index in [0.717, 1.165) is 33.6 Å². The van der Waals surface area contributed by atoms with Crippen molar-refractivity contribution in [3.63, 3.8) is 0 Å². The highest BCUT2D eigenvalue weighted by Gasteiger charge is 2.19. The second-order valence-corrected chi connectivity index (χ2v) is 7.33. The largest absolute Gasteiger partial charge is 0.321 e. The van der Waals surface area contributed by atoms with E-state index in [2.05, 4.69) is 21.1 Å². The normalized spacial score (nSPS) is 17.9. The van der Waals surface area contributed by atoms with Gasteiger partial charge in [-0.25, -0.2) is 0 Å². The lowest BCUT2D eigenvalue weighted by Gasteiger charge is -2.06. The van der Waals surface area contributed by atoms with E-state index >= 15 is 0 Å². The van der Waals surface area contributed by atoms with Crippen molar-refractivity contribution in [3.05, 3.63) is 46.3 Å². The van der Waals surface area contributed by atoms with Crippen molar-refractivity contribution in [2.24, 2.45) is 0 Å². The number of hydrogen-bond donors (Lipinski definition) is 2. The third-order valence-corrected chi connectivity index (χ3v) is 5.84. The Morgan fingerprint density at radius 2 is 2.27 bits per heavy atom. The zero-order valence-corrected chi connectivity index (χ0v) is 13.5. The topological polar surface area (TPSA) is 54.0 Å². The second-order valence-electron chi connectivity index (χ2n) is 5.38. The van der Waals surface area contributed by atoms with Crippen LogP contribution in [-0.2, 0) is 0 Å². The average Bonchev–Trinajstić information content (AvgIpc) is 3.26. The Kier molecular flexibility index (Phi) is 3.65. The predicted octanol–water partition coefficient (Wildman–Crippen LogP) is 4.03. The van der Waals surface area contributed by atoms with E-state index in [1.54, 1.807) is 11.3 Å². The van der Waals surface area contributed by atoms with Gasteiger partial charge in [-0.1, -0.05) is 0 Å². The highest BCUT2D eigenvalue weighted by molar-refractivity contribution is 7.14. The van der Waals surface area contributed by atoms with E-state index in [-0.39, 0.29) is 5.91 Å². The van der Waals surface area contributed by atoms with Crippen LogP contribution in [0.3, 0.4) is 0 Å². The van der Waals surface area contributed by atoms with Crippen LogP contribution in [-0.4, -0.2) is 16.8 Å². The number of fused-ring (bicyclic) bond motifs is 1. The molecule has 3 heterocycles. The van der Waals surface area contributed by atoms with E-state index < -0.39 is 0 Å². The van der Waals surface area contributed by atoms with Crippen LogP contribution in [0.2, 0.25) is 0 Å². The summed E-state index contributed by atoms with van der Waals surface area (Å²) in [6.07, 6.45) is 4.19. The highest BCUT2D eigenvalue weighted by atomic mass is 32.1. The Hall–Kier alpha value is -1.76. The number of carbonyl (C=O) groups is 1. The van der Waals surface area contributed by atoms with Gasteiger partial charge in [-0.3, -0.25) is 4.79 Å². The Morgan fingerprint density at radius 3 is 3.14 bits per heavy atom. The Labute approximate surface area is 136 Å². The van der Waals surface area contributed by atoms with Crippen molar-refractivity contribution in [1.82, 2.24) is 9.69 Å². The number of thiophene rings is 1. The predicted molar refractivity (Wildman–Crippen MR) is 91.9 cm³/mol. The van der Waals surface area contributed by atoms with Crippen molar-refractivity contribution in [3.8, 4) is 0 Å². The molecule has 0 radical (unpaired) electrons. The van der Waals surface area contributed by atoms with E-state index in [1.807, 2.05) is 30.5 Å². The minimum Gasteiger partial charge on any atom is -0.321 e. The van der Waals surface area contributed by atoms with Crippen molar-refractivity contribution < 1.29 is 4.79 Å². The van der Waals surface area contributed by atoms with Gasteiger partial charge >= 0.3 is 0 Å². The standard InChI is InChI=1S/C16H15N3OS2/c20-16(15-6-5-14(21-15)12-2-1-7-17-12)19-11-3-4-13-10(8-11)9-18-22-13/h3-6,8-9,12,17H,1-2,7H2,(H,19,20). The highest BCUT2D eigenvalue weighted by Crippen LogP contribution is 2.30. The molecule has 2 N–H and O–H groups in total. The third kappa shape index (κ3) is 2.65. The molecule has 0 spiro atoms. The Morgan fingerprint density at radius 1 is 1.32 bits per heavy atom. The van der Waals surface area contributed by atoms with Crippen LogP contribution in [0.1, 0.15) is 33.4 Å². The van der Waals surface area contributed by atoms with Crippen LogP contribution in [0.25, 0.3) is 10.1 Å².